The normalized spacial score (nSPS) is 24.8. The summed E-state index contributed by atoms with van der Waals surface area (Å²) < 4.78 is 10.1. The Kier molecular flexibility index (Phi) is 15.1. The van der Waals surface area contributed by atoms with Gasteiger partial charge < -0.3 is 24.8 Å². The molecule has 3 N–H and O–H groups in total. The van der Waals surface area contributed by atoms with Gasteiger partial charge in [-0.05, 0) is 32.1 Å². The quantitative estimate of drug-likeness (QED) is 0.201. The van der Waals surface area contributed by atoms with Gasteiger partial charge in [-0.3, -0.25) is 4.79 Å². The van der Waals surface area contributed by atoms with Crippen molar-refractivity contribution in [3.63, 3.8) is 0 Å². The minimum atomic E-state index is -1.42. The van der Waals surface area contributed by atoms with E-state index in [0.717, 1.165) is 32.1 Å². The fourth-order valence-corrected chi connectivity index (χ4v) is 3.41. The van der Waals surface area contributed by atoms with Crippen molar-refractivity contribution in [3.05, 3.63) is 12.2 Å². The molecule has 6 heteroatoms. The van der Waals surface area contributed by atoms with Gasteiger partial charge in [-0.15, -0.1) is 0 Å². The molecule has 0 aromatic carbocycles. The lowest BCUT2D eigenvalue weighted by Crippen LogP contribution is -2.54. The molecule has 170 valence electrons. The van der Waals surface area contributed by atoms with Gasteiger partial charge in [-0.1, -0.05) is 70.4 Å². The Morgan fingerprint density at radius 1 is 0.862 bits per heavy atom. The monoisotopic (exact) mass is 414 g/mol. The van der Waals surface area contributed by atoms with Crippen molar-refractivity contribution >= 4 is 5.97 Å². The first-order chi connectivity index (χ1) is 14.1. The van der Waals surface area contributed by atoms with E-state index in [1.165, 1.54) is 51.4 Å². The van der Waals surface area contributed by atoms with Crippen molar-refractivity contribution in [1.82, 2.24) is 0 Å². The average Bonchev–Trinajstić information content (AvgIpc) is 2.71. The summed E-state index contributed by atoms with van der Waals surface area (Å²) in [5, 5.41) is 28.7. The molecule has 1 heterocycles. The van der Waals surface area contributed by atoms with Crippen LogP contribution in [0.4, 0.5) is 0 Å². The molecule has 0 bridgehead atoms. The molecule has 6 nitrogen and oxygen atoms in total. The average molecular weight is 415 g/mol. The molecule has 1 aliphatic rings. The molecular weight excluding hydrogens is 372 g/mol. The van der Waals surface area contributed by atoms with Gasteiger partial charge in [-0.25, -0.2) is 0 Å². The Morgan fingerprint density at radius 2 is 1.41 bits per heavy atom. The van der Waals surface area contributed by atoms with Gasteiger partial charge in [0.05, 0.1) is 6.61 Å². The van der Waals surface area contributed by atoms with E-state index < -0.39 is 30.6 Å². The van der Waals surface area contributed by atoms with E-state index in [9.17, 15) is 20.1 Å². The molecule has 0 aromatic heterocycles. The molecule has 0 spiro atoms. The number of aliphatic hydroxyl groups excluding tert-OH is 3. The van der Waals surface area contributed by atoms with Gasteiger partial charge in [0.15, 0.2) is 0 Å². The maximum absolute atomic E-state index is 11.8. The SMILES string of the molecule is CCCCCCCC/C=C\CCCCCCCC(=O)O[C@@H]1OC[C@@H](O)[C@@H](O)[C@@H]1O. The van der Waals surface area contributed by atoms with Crippen LogP contribution in [0, 0.1) is 0 Å². The van der Waals surface area contributed by atoms with Crippen LogP contribution in [0.15, 0.2) is 12.2 Å². The zero-order chi connectivity index (χ0) is 21.3. The van der Waals surface area contributed by atoms with Crippen LogP contribution in [0.25, 0.3) is 0 Å². The number of allylic oxidation sites excluding steroid dienone is 2. The van der Waals surface area contributed by atoms with Crippen LogP contribution in [0.3, 0.4) is 0 Å². The van der Waals surface area contributed by atoms with Crippen molar-refractivity contribution in [1.29, 1.82) is 0 Å². The Morgan fingerprint density at radius 3 is 2.03 bits per heavy atom. The maximum atomic E-state index is 11.8. The zero-order valence-electron chi connectivity index (χ0n) is 18.1. The summed E-state index contributed by atoms with van der Waals surface area (Å²) in [6, 6.07) is 0. The minimum absolute atomic E-state index is 0.163. The Balaban J connectivity index is 1.90. The highest BCUT2D eigenvalue weighted by molar-refractivity contribution is 5.69. The summed E-state index contributed by atoms with van der Waals surface area (Å²) in [7, 11) is 0. The number of hydrogen-bond donors (Lipinski definition) is 3. The van der Waals surface area contributed by atoms with Crippen molar-refractivity contribution in [3.8, 4) is 0 Å². The van der Waals surface area contributed by atoms with Crippen LogP contribution < -0.4 is 0 Å². The number of carbonyl (C=O) groups excluding carboxylic acids is 1. The second-order valence-electron chi connectivity index (χ2n) is 8.07. The van der Waals surface area contributed by atoms with E-state index in [2.05, 4.69) is 19.1 Å². The smallest absolute Gasteiger partial charge is 0.308 e. The van der Waals surface area contributed by atoms with Crippen molar-refractivity contribution in [2.45, 2.75) is 121 Å². The molecule has 0 saturated carbocycles. The first kappa shape index (κ1) is 26.1. The van der Waals surface area contributed by atoms with Crippen LogP contribution >= 0.6 is 0 Å². The van der Waals surface area contributed by atoms with E-state index in [-0.39, 0.29) is 13.0 Å². The molecule has 4 atom stereocenters. The van der Waals surface area contributed by atoms with Gasteiger partial charge in [-0.2, -0.15) is 0 Å². The highest BCUT2D eigenvalue weighted by Gasteiger charge is 2.39. The molecule has 1 rings (SSSR count). The summed E-state index contributed by atoms with van der Waals surface area (Å²) in [5.41, 5.74) is 0. The summed E-state index contributed by atoms with van der Waals surface area (Å²) in [6.45, 7) is 2.08. The Bertz CT molecular complexity index is 439. The van der Waals surface area contributed by atoms with E-state index in [1.54, 1.807) is 0 Å². The van der Waals surface area contributed by atoms with Crippen LogP contribution in [-0.2, 0) is 14.3 Å². The van der Waals surface area contributed by atoms with Crippen LogP contribution in [0.2, 0.25) is 0 Å². The standard InChI is InChI=1S/C23H42O6/c1-2-3-4-5-6-7-8-9-10-11-12-13-14-15-16-17-20(25)29-23-22(27)21(26)19(24)18-28-23/h9-10,19,21-24,26-27H,2-8,11-18H2,1H3/b10-9-/t19-,21-,22+,23+/m1/s1. The van der Waals surface area contributed by atoms with E-state index in [1.807, 2.05) is 0 Å². The third kappa shape index (κ3) is 12.4. The van der Waals surface area contributed by atoms with Crippen molar-refractivity contribution in [2.75, 3.05) is 6.61 Å². The van der Waals surface area contributed by atoms with Crippen LogP contribution in [-0.4, -0.2) is 52.5 Å². The Hall–Kier alpha value is -0.950. The third-order valence-electron chi connectivity index (χ3n) is 5.34. The number of rotatable bonds is 16. The zero-order valence-corrected chi connectivity index (χ0v) is 18.1. The molecular formula is C23H42O6. The van der Waals surface area contributed by atoms with Crippen molar-refractivity contribution < 1.29 is 29.6 Å². The molecule has 0 amide bonds. The summed E-state index contributed by atoms with van der Waals surface area (Å²) in [4.78, 5) is 11.8. The largest absolute Gasteiger partial charge is 0.433 e. The van der Waals surface area contributed by atoms with Crippen LogP contribution in [0.1, 0.15) is 96.8 Å². The van der Waals surface area contributed by atoms with Gasteiger partial charge in [0, 0.05) is 6.42 Å². The Labute approximate surface area is 176 Å². The number of ether oxygens (including phenoxy) is 2. The fourth-order valence-electron chi connectivity index (χ4n) is 3.41. The first-order valence-electron chi connectivity index (χ1n) is 11.6. The number of esters is 1. The minimum Gasteiger partial charge on any atom is -0.433 e. The van der Waals surface area contributed by atoms with Crippen LogP contribution in [0.5, 0.6) is 0 Å². The third-order valence-corrected chi connectivity index (χ3v) is 5.34. The van der Waals surface area contributed by atoms with E-state index in [4.69, 9.17) is 9.47 Å². The predicted octanol–water partition coefficient (Wildman–Crippen LogP) is 4.01. The van der Waals surface area contributed by atoms with Crippen molar-refractivity contribution in [2.24, 2.45) is 0 Å². The lowest BCUT2D eigenvalue weighted by molar-refractivity contribution is -0.262. The summed E-state index contributed by atoms with van der Waals surface area (Å²) in [5.74, 6) is -0.449. The fraction of sp³-hybridized carbons (Fsp3) is 0.870. The topological polar surface area (TPSA) is 96.2 Å². The van der Waals surface area contributed by atoms with Gasteiger partial charge in [0.2, 0.25) is 6.29 Å². The molecule has 0 unspecified atom stereocenters. The molecule has 29 heavy (non-hydrogen) atoms. The molecule has 1 fully saturated rings. The molecule has 1 aliphatic heterocycles. The van der Waals surface area contributed by atoms with Gasteiger partial charge in [0.1, 0.15) is 18.3 Å². The second-order valence-corrected chi connectivity index (χ2v) is 8.07. The molecule has 1 saturated heterocycles. The van der Waals surface area contributed by atoms with Gasteiger partial charge >= 0.3 is 5.97 Å². The second kappa shape index (κ2) is 16.8. The number of hydrogen-bond acceptors (Lipinski definition) is 6. The number of carbonyl (C=O) groups is 1. The summed E-state index contributed by atoms with van der Waals surface area (Å²) >= 11 is 0. The lowest BCUT2D eigenvalue weighted by atomic mass is 10.1. The highest BCUT2D eigenvalue weighted by Crippen LogP contribution is 2.18. The maximum Gasteiger partial charge on any atom is 0.308 e. The highest BCUT2D eigenvalue weighted by atomic mass is 16.7. The summed E-state index contributed by atoms with van der Waals surface area (Å²) in [6.07, 6.45) is 15.3. The lowest BCUT2D eigenvalue weighted by Gasteiger charge is -2.34. The first-order valence-corrected chi connectivity index (χ1v) is 11.6. The van der Waals surface area contributed by atoms with E-state index in [0.29, 0.717) is 0 Å². The number of aliphatic hydroxyl groups is 3. The molecule has 0 radical (unpaired) electrons. The molecule has 0 aliphatic carbocycles. The van der Waals surface area contributed by atoms with E-state index >= 15 is 0 Å². The predicted molar refractivity (Wildman–Crippen MR) is 113 cm³/mol. The molecule has 0 aromatic rings. The van der Waals surface area contributed by atoms with Gasteiger partial charge in [0.25, 0.3) is 0 Å². The number of unbranched alkanes of at least 4 members (excludes halogenated alkanes) is 11.